The van der Waals surface area contributed by atoms with Crippen molar-refractivity contribution in [1.29, 1.82) is 0 Å². The smallest absolute Gasteiger partial charge is 0.326 e. The van der Waals surface area contributed by atoms with Crippen molar-refractivity contribution in [3.8, 4) is 0 Å². The van der Waals surface area contributed by atoms with Crippen molar-refractivity contribution in [2.45, 2.75) is 48.8 Å². The van der Waals surface area contributed by atoms with Gasteiger partial charge in [0.15, 0.2) is 0 Å². The molecule has 8 heteroatoms. The van der Waals surface area contributed by atoms with Gasteiger partial charge in [-0.1, -0.05) is 31.4 Å². The van der Waals surface area contributed by atoms with Crippen molar-refractivity contribution in [1.82, 2.24) is 5.32 Å². The number of aliphatic carboxylic acids is 1. The van der Waals surface area contributed by atoms with E-state index in [0.29, 0.717) is 23.6 Å². The first-order valence-electron chi connectivity index (χ1n) is 7.70. The Labute approximate surface area is 149 Å². The van der Waals surface area contributed by atoms with E-state index in [0.717, 1.165) is 11.3 Å². The van der Waals surface area contributed by atoms with Crippen LogP contribution in [-0.2, 0) is 14.4 Å². The lowest BCUT2D eigenvalue weighted by molar-refractivity contribution is -0.142. The second kappa shape index (κ2) is 8.39. The number of amides is 2. The molecule has 3 N–H and O–H groups in total. The highest BCUT2D eigenvalue weighted by Crippen LogP contribution is 2.38. The highest BCUT2D eigenvalue weighted by atomic mass is 35.5. The van der Waals surface area contributed by atoms with Gasteiger partial charge in [0.05, 0.1) is 10.9 Å². The van der Waals surface area contributed by atoms with Crippen molar-refractivity contribution in [3.63, 3.8) is 0 Å². The van der Waals surface area contributed by atoms with Gasteiger partial charge < -0.3 is 15.7 Å². The maximum Gasteiger partial charge on any atom is 0.326 e. The molecule has 0 aromatic heterocycles. The Morgan fingerprint density at radius 2 is 2.21 bits per heavy atom. The van der Waals surface area contributed by atoms with Crippen LogP contribution in [0.3, 0.4) is 0 Å². The molecule has 0 saturated heterocycles. The summed E-state index contributed by atoms with van der Waals surface area (Å²) in [7, 11) is 0. The van der Waals surface area contributed by atoms with Gasteiger partial charge in [0, 0.05) is 16.3 Å². The van der Waals surface area contributed by atoms with Gasteiger partial charge in [0.2, 0.25) is 11.8 Å². The van der Waals surface area contributed by atoms with E-state index in [1.54, 1.807) is 18.2 Å². The zero-order valence-electron chi connectivity index (χ0n) is 13.2. The number of carboxylic acids is 1. The molecule has 1 aliphatic heterocycles. The van der Waals surface area contributed by atoms with Gasteiger partial charge in [-0.25, -0.2) is 4.79 Å². The normalized spacial score (nSPS) is 17.6. The largest absolute Gasteiger partial charge is 0.480 e. The Morgan fingerprint density at radius 3 is 2.88 bits per heavy atom. The third-order valence-electron chi connectivity index (χ3n) is 3.61. The molecule has 130 valence electrons. The molecule has 0 fully saturated rings. The molecule has 2 unspecified atom stereocenters. The maximum absolute atomic E-state index is 12.1. The van der Waals surface area contributed by atoms with Crippen molar-refractivity contribution in [2.24, 2.45) is 0 Å². The average molecular weight is 371 g/mol. The lowest BCUT2D eigenvalue weighted by Crippen LogP contribution is -2.43. The standard InChI is InChI=1S/C16H19ClN2O4S/c1-2-3-4-10(16(22)23)18-14(20)8-13-15(21)19-11-7-9(17)5-6-12(11)24-13/h5-7,10,13H,2-4,8H2,1H3,(H,18,20)(H,19,21)(H,22,23). The molecule has 6 nitrogen and oxygen atoms in total. The Kier molecular flexibility index (Phi) is 6.51. The fraction of sp³-hybridized carbons (Fsp3) is 0.438. The first kappa shape index (κ1) is 18.6. The summed E-state index contributed by atoms with van der Waals surface area (Å²) in [6.07, 6.45) is 1.86. The first-order chi connectivity index (χ1) is 11.4. The van der Waals surface area contributed by atoms with E-state index in [2.05, 4.69) is 10.6 Å². The Bertz CT molecular complexity index is 653. The molecule has 0 bridgehead atoms. The third-order valence-corrected chi connectivity index (χ3v) is 5.12. The number of halogens is 1. The number of hydrogen-bond donors (Lipinski definition) is 3. The SMILES string of the molecule is CCCCC(NC(=O)CC1Sc2ccc(Cl)cc2NC1=O)C(=O)O. The minimum Gasteiger partial charge on any atom is -0.480 e. The zero-order valence-corrected chi connectivity index (χ0v) is 14.7. The van der Waals surface area contributed by atoms with Crippen LogP contribution >= 0.6 is 23.4 Å². The number of carbonyl (C=O) groups excluding carboxylic acids is 2. The Morgan fingerprint density at radius 1 is 1.46 bits per heavy atom. The first-order valence-corrected chi connectivity index (χ1v) is 8.95. The van der Waals surface area contributed by atoms with Crippen LogP contribution in [0.15, 0.2) is 23.1 Å². The molecule has 0 aliphatic carbocycles. The quantitative estimate of drug-likeness (QED) is 0.685. The highest BCUT2D eigenvalue weighted by molar-refractivity contribution is 8.01. The van der Waals surface area contributed by atoms with Crippen molar-refractivity contribution >= 4 is 46.8 Å². The summed E-state index contributed by atoms with van der Waals surface area (Å²) < 4.78 is 0. The fourth-order valence-corrected chi connectivity index (χ4v) is 3.61. The molecule has 1 heterocycles. The van der Waals surface area contributed by atoms with E-state index in [-0.39, 0.29) is 12.3 Å². The summed E-state index contributed by atoms with van der Waals surface area (Å²) in [5.41, 5.74) is 0.625. The number of nitrogens with one attached hydrogen (secondary N) is 2. The molecule has 0 radical (unpaired) electrons. The monoisotopic (exact) mass is 370 g/mol. The number of carboxylic acid groups (broad SMARTS) is 1. The molecule has 0 spiro atoms. The molecule has 2 atom stereocenters. The van der Waals surface area contributed by atoms with Crippen LogP contribution in [0, 0.1) is 0 Å². The second-order valence-electron chi connectivity index (χ2n) is 5.54. The molecular weight excluding hydrogens is 352 g/mol. The molecule has 1 aromatic rings. The van der Waals surface area contributed by atoms with Crippen LogP contribution in [0.4, 0.5) is 5.69 Å². The second-order valence-corrected chi connectivity index (χ2v) is 7.22. The van der Waals surface area contributed by atoms with Crippen LogP contribution in [0.2, 0.25) is 5.02 Å². The number of carbonyl (C=O) groups is 3. The lowest BCUT2D eigenvalue weighted by atomic mass is 10.1. The van der Waals surface area contributed by atoms with Gasteiger partial charge >= 0.3 is 5.97 Å². The molecule has 2 rings (SSSR count). The van der Waals surface area contributed by atoms with Crippen LogP contribution in [0.25, 0.3) is 0 Å². The number of benzene rings is 1. The number of rotatable bonds is 7. The summed E-state index contributed by atoms with van der Waals surface area (Å²) in [5, 5.41) is 14.3. The number of unbranched alkanes of at least 4 members (excludes halogenated alkanes) is 1. The van der Waals surface area contributed by atoms with E-state index in [1.807, 2.05) is 6.92 Å². The topological polar surface area (TPSA) is 95.5 Å². The van der Waals surface area contributed by atoms with Crippen LogP contribution in [-0.4, -0.2) is 34.2 Å². The lowest BCUT2D eigenvalue weighted by Gasteiger charge is -2.24. The summed E-state index contributed by atoms with van der Waals surface area (Å²) in [4.78, 5) is 36.2. The number of fused-ring (bicyclic) bond motifs is 1. The predicted molar refractivity (Wildman–Crippen MR) is 93.4 cm³/mol. The van der Waals surface area contributed by atoms with Crippen molar-refractivity contribution < 1.29 is 19.5 Å². The van der Waals surface area contributed by atoms with Crippen molar-refractivity contribution in [3.05, 3.63) is 23.2 Å². The summed E-state index contributed by atoms with van der Waals surface area (Å²) >= 11 is 7.17. The molecular formula is C16H19ClN2O4S. The van der Waals surface area contributed by atoms with Gasteiger partial charge in [-0.2, -0.15) is 0 Å². The summed E-state index contributed by atoms with van der Waals surface area (Å²) in [6.45, 7) is 1.95. The molecule has 1 aromatic carbocycles. The fourth-order valence-electron chi connectivity index (χ4n) is 2.34. The summed E-state index contributed by atoms with van der Waals surface area (Å²) in [5.74, 6) is -1.79. The molecule has 24 heavy (non-hydrogen) atoms. The Balaban J connectivity index is 1.97. The van der Waals surface area contributed by atoms with Gasteiger partial charge in [0.1, 0.15) is 6.04 Å². The molecule has 1 aliphatic rings. The van der Waals surface area contributed by atoms with Gasteiger partial charge in [-0.3, -0.25) is 9.59 Å². The van der Waals surface area contributed by atoms with Crippen molar-refractivity contribution in [2.75, 3.05) is 5.32 Å². The van der Waals surface area contributed by atoms with Gasteiger partial charge in [-0.15, -0.1) is 11.8 Å². The van der Waals surface area contributed by atoms with Crippen LogP contribution in [0.1, 0.15) is 32.6 Å². The molecule has 0 saturated carbocycles. The number of thioether (sulfide) groups is 1. The average Bonchev–Trinajstić information content (AvgIpc) is 2.52. The van der Waals surface area contributed by atoms with Crippen LogP contribution < -0.4 is 10.6 Å². The number of anilines is 1. The predicted octanol–water partition coefficient (Wildman–Crippen LogP) is 2.90. The highest BCUT2D eigenvalue weighted by Gasteiger charge is 2.30. The van der Waals surface area contributed by atoms with Crippen LogP contribution in [0.5, 0.6) is 0 Å². The summed E-state index contributed by atoms with van der Waals surface area (Å²) in [6, 6.07) is 4.24. The van der Waals surface area contributed by atoms with E-state index >= 15 is 0 Å². The van der Waals surface area contributed by atoms with Gasteiger partial charge in [-0.05, 0) is 24.6 Å². The van der Waals surface area contributed by atoms with E-state index in [9.17, 15) is 14.4 Å². The number of hydrogen-bond acceptors (Lipinski definition) is 4. The maximum atomic E-state index is 12.1. The van der Waals surface area contributed by atoms with E-state index in [4.69, 9.17) is 16.7 Å². The minimum atomic E-state index is -1.06. The van der Waals surface area contributed by atoms with E-state index in [1.165, 1.54) is 11.8 Å². The minimum absolute atomic E-state index is 0.0749. The zero-order chi connectivity index (χ0) is 17.7. The Hall–Kier alpha value is -1.73. The third kappa shape index (κ3) is 4.88. The van der Waals surface area contributed by atoms with Gasteiger partial charge in [0.25, 0.3) is 0 Å². The van der Waals surface area contributed by atoms with E-state index < -0.39 is 23.2 Å². The molecule has 2 amide bonds.